The number of alkyl halides is 3. The number of halogens is 5. The lowest BCUT2D eigenvalue weighted by Gasteiger charge is -2.32. The lowest BCUT2D eigenvalue weighted by atomic mass is 9.84. The number of pyridine rings is 1. The molecule has 0 spiro atoms. The fourth-order valence-corrected chi connectivity index (χ4v) is 7.35. The van der Waals surface area contributed by atoms with Crippen LogP contribution in [0.2, 0.25) is 10.0 Å². The summed E-state index contributed by atoms with van der Waals surface area (Å²) < 4.78 is 85.7. The minimum absolute atomic E-state index is 0.00991. The van der Waals surface area contributed by atoms with Crippen molar-refractivity contribution in [3.8, 4) is 5.88 Å². The zero-order valence-electron chi connectivity index (χ0n) is 35.4. The molecule has 1 fully saturated rings. The molecule has 0 saturated carbocycles. The molecule has 2 heterocycles. The lowest BCUT2D eigenvalue weighted by molar-refractivity contribution is -0.0432. The van der Waals surface area contributed by atoms with Crippen LogP contribution in [0.1, 0.15) is 63.1 Å². The Labute approximate surface area is 370 Å². The van der Waals surface area contributed by atoms with Crippen LogP contribution in [0.15, 0.2) is 72.8 Å². The number of aliphatic hydroxyl groups is 1. The van der Waals surface area contributed by atoms with Crippen LogP contribution in [-0.2, 0) is 34.7 Å². The molecule has 1 aliphatic heterocycles. The van der Waals surface area contributed by atoms with Crippen LogP contribution in [-0.4, -0.2) is 123 Å². The molecule has 11 nitrogen and oxygen atoms in total. The Hall–Kier alpha value is -3.09. The van der Waals surface area contributed by atoms with Gasteiger partial charge in [0.25, 0.3) is 0 Å². The van der Waals surface area contributed by atoms with Crippen molar-refractivity contribution >= 4 is 50.8 Å². The fourth-order valence-electron chi connectivity index (χ4n) is 6.26. The van der Waals surface area contributed by atoms with Gasteiger partial charge in [0, 0.05) is 52.2 Å². The second-order valence-electron chi connectivity index (χ2n) is 13.0. The van der Waals surface area contributed by atoms with Gasteiger partial charge >= 0.3 is 5.51 Å². The number of hydrogen-bond donors (Lipinski definition) is 2. The van der Waals surface area contributed by atoms with E-state index in [9.17, 15) is 17.4 Å². The summed E-state index contributed by atoms with van der Waals surface area (Å²) in [6.07, 6.45) is 0.720. The summed E-state index contributed by atoms with van der Waals surface area (Å²) in [4.78, 5) is 4.78. The summed E-state index contributed by atoms with van der Waals surface area (Å²) >= 11 is 12.5. The normalized spacial score (nSPS) is 14.0. The summed E-state index contributed by atoms with van der Waals surface area (Å²) in [5.74, 6) is 0.190. The first-order chi connectivity index (χ1) is 29.6. The number of ether oxygens (including phenoxy) is 6. The van der Waals surface area contributed by atoms with Crippen LogP contribution >= 0.6 is 23.2 Å². The van der Waals surface area contributed by atoms with E-state index in [2.05, 4.69) is 11.4 Å². The Balaban J connectivity index is 0.00000241. The number of aliphatic hydroxyl groups excluding tert-OH is 1. The molecule has 5 rings (SSSR count). The topological polar surface area (TPSA) is 121 Å². The van der Waals surface area contributed by atoms with Crippen LogP contribution in [0.4, 0.5) is 18.9 Å². The third kappa shape index (κ3) is 18.3. The summed E-state index contributed by atoms with van der Waals surface area (Å²) in [5.41, 5.74) is -0.397. The third-order valence-electron chi connectivity index (χ3n) is 9.00. The maximum absolute atomic E-state index is 13.2. The van der Waals surface area contributed by atoms with E-state index < -0.39 is 16.5 Å². The number of piperidine rings is 1. The minimum Gasteiger partial charge on any atom is -0.475 e. The second-order valence-corrected chi connectivity index (χ2v) is 15.3. The number of fused-ring (bicyclic) bond motifs is 1. The first-order valence-electron chi connectivity index (χ1n) is 20.7. The summed E-state index contributed by atoms with van der Waals surface area (Å²) in [5, 5.41) is 14.3. The molecule has 1 atom stereocenters. The molecular formula is C44H60Cl2F3N3O8S. The van der Waals surface area contributed by atoms with Crippen molar-refractivity contribution in [1.29, 1.82) is 0 Å². The molecular weight excluding hydrogens is 858 g/mol. The monoisotopic (exact) mass is 917 g/mol. The van der Waals surface area contributed by atoms with Crippen molar-refractivity contribution < 1.29 is 50.9 Å². The summed E-state index contributed by atoms with van der Waals surface area (Å²) in [6.45, 7) is 12.2. The predicted octanol–water partition coefficient (Wildman–Crippen LogP) is 9.29. The molecule has 0 bridgehead atoms. The van der Waals surface area contributed by atoms with Crippen LogP contribution in [0, 0.1) is 0 Å². The van der Waals surface area contributed by atoms with E-state index in [4.69, 9.17) is 61.7 Å². The Kier molecular flexibility index (Phi) is 25.1. The van der Waals surface area contributed by atoms with E-state index in [1.807, 2.05) is 88.4 Å². The highest BCUT2D eigenvalue weighted by Crippen LogP contribution is 2.37. The SMILES string of the molecule is CC.CC.O=S(N1CCC(Nc2cc(OCCOCCOCCOCCOCCOCCO)nc3ccc(C(c4ccc(Cl)cc4)c4ccc(Cl)cc4)cc23)CC1)C(F)(F)F. The summed E-state index contributed by atoms with van der Waals surface area (Å²) in [7, 11) is -3.05. The molecule has 1 aromatic heterocycles. The molecule has 17 heteroatoms. The lowest BCUT2D eigenvalue weighted by Crippen LogP contribution is -2.43. The van der Waals surface area contributed by atoms with Gasteiger partial charge in [-0.3, -0.25) is 0 Å². The van der Waals surface area contributed by atoms with Gasteiger partial charge in [-0.1, -0.05) is 81.2 Å². The second kappa shape index (κ2) is 29.3. The van der Waals surface area contributed by atoms with Gasteiger partial charge in [0.05, 0.1) is 78.2 Å². The van der Waals surface area contributed by atoms with Gasteiger partial charge in [0.1, 0.15) is 6.61 Å². The van der Waals surface area contributed by atoms with Gasteiger partial charge in [0.15, 0.2) is 0 Å². The van der Waals surface area contributed by atoms with Crippen LogP contribution in [0.5, 0.6) is 5.88 Å². The molecule has 1 saturated heterocycles. The highest BCUT2D eigenvalue weighted by molar-refractivity contribution is 7.83. The zero-order chi connectivity index (χ0) is 44.5. The molecule has 0 radical (unpaired) electrons. The number of hydrogen-bond acceptors (Lipinski definition) is 10. The van der Waals surface area contributed by atoms with E-state index in [0.29, 0.717) is 106 Å². The van der Waals surface area contributed by atoms with Crippen molar-refractivity contribution in [3.63, 3.8) is 0 Å². The largest absolute Gasteiger partial charge is 0.485 e. The van der Waals surface area contributed by atoms with Crippen molar-refractivity contribution in [2.24, 2.45) is 0 Å². The van der Waals surface area contributed by atoms with E-state index >= 15 is 0 Å². The molecule has 2 N–H and O–H groups in total. The van der Waals surface area contributed by atoms with Crippen LogP contribution in [0.25, 0.3) is 10.9 Å². The third-order valence-corrected chi connectivity index (χ3v) is 10.7. The molecule has 340 valence electrons. The van der Waals surface area contributed by atoms with Crippen molar-refractivity contribution in [2.45, 2.75) is 58.0 Å². The standard InChI is InChI=1S/C40H48Cl2F3N3O8S.2C2H6/c41-32-6-1-29(2-7-32)39(30-3-8-33(42)9-4-30)31-5-10-36-35(27-31)37(46-34-11-13-48(14-12-34)57(50)40(43,44)45)28-38(47-36)56-26-25-55-24-23-54-22-21-53-20-19-52-18-17-51-16-15-49;2*1-2/h1-10,27-28,34,39,49H,11-26H2,(H,46,47);2*1-2H3. The molecule has 4 aromatic rings. The van der Waals surface area contributed by atoms with E-state index in [-0.39, 0.29) is 38.3 Å². The number of benzene rings is 3. The van der Waals surface area contributed by atoms with Gasteiger partial charge in [-0.25, -0.2) is 13.5 Å². The van der Waals surface area contributed by atoms with Crippen LogP contribution in [0.3, 0.4) is 0 Å². The molecule has 0 amide bonds. The van der Waals surface area contributed by atoms with Crippen molar-refractivity contribution in [2.75, 3.05) is 97.7 Å². The predicted molar refractivity (Wildman–Crippen MR) is 237 cm³/mol. The van der Waals surface area contributed by atoms with Crippen molar-refractivity contribution in [1.82, 2.24) is 9.29 Å². The molecule has 3 aromatic carbocycles. The molecule has 0 aliphatic carbocycles. The molecule has 1 aliphatic rings. The maximum atomic E-state index is 13.2. The Morgan fingerprint density at radius 2 is 1.15 bits per heavy atom. The van der Waals surface area contributed by atoms with E-state index in [1.54, 1.807) is 6.07 Å². The van der Waals surface area contributed by atoms with Gasteiger partial charge in [0.2, 0.25) is 16.9 Å². The Bertz CT molecular complexity index is 1780. The average Bonchev–Trinajstić information content (AvgIpc) is 3.27. The van der Waals surface area contributed by atoms with E-state index in [1.165, 1.54) is 0 Å². The van der Waals surface area contributed by atoms with Gasteiger partial charge in [-0.2, -0.15) is 13.2 Å². The highest BCUT2D eigenvalue weighted by Gasteiger charge is 2.42. The number of rotatable bonds is 24. The first-order valence-corrected chi connectivity index (χ1v) is 22.6. The number of anilines is 1. The minimum atomic E-state index is -4.80. The number of nitrogens with zero attached hydrogens (tertiary/aromatic N) is 2. The fraction of sp³-hybridized carbons (Fsp3) is 0.523. The number of nitrogens with one attached hydrogen (secondary N) is 1. The first kappa shape index (κ1) is 52.3. The number of aromatic nitrogens is 1. The van der Waals surface area contributed by atoms with Gasteiger partial charge in [-0.15, -0.1) is 0 Å². The van der Waals surface area contributed by atoms with Crippen molar-refractivity contribution in [3.05, 3.63) is 99.5 Å². The Morgan fingerprint density at radius 3 is 1.61 bits per heavy atom. The van der Waals surface area contributed by atoms with E-state index in [0.717, 1.165) is 26.4 Å². The Morgan fingerprint density at radius 1 is 0.705 bits per heavy atom. The quantitative estimate of drug-likeness (QED) is 0.0520. The zero-order valence-corrected chi connectivity index (χ0v) is 37.7. The van der Waals surface area contributed by atoms with Gasteiger partial charge in [-0.05, 0) is 65.9 Å². The molecule has 61 heavy (non-hydrogen) atoms. The highest BCUT2D eigenvalue weighted by atomic mass is 35.5. The molecule has 1 unspecified atom stereocenters. The smallest absolute Gasteiger partial charge is 0.475 e. The maximum Gasteiger partial charge on any atom is 0.485 e. The van der Waals surface area contributed by atoms with Gasteiger partial charge < -0.3 is 38.8 Å². The van der Waals surface area contributed by atoms with Crippen LogP contribution < -0.4 is 10.1 Å². The average molecular weight is 919 g/mol. The summed E-state index contributed by atoms with van der Waals surface area (Å²) in [6, 6.07) is 23.0.